The second-order valence-electron chi connectivity index (χ2n) is 6.76. The lowest BCUT2D eigenvalue weighted by Crippen LogP contribution is -2.39. The first kappa shape index (κ1) is 20.6. The topological polar surface area (TPSA) is 61.4 Å². The molecule has 0 saturated carbocycles. The molecule has 0 aromatic heterocycles. The van der Waals surface area contributed by atoms with Gasteiger partial charge < -0.3 is 10.6 Å². The normalized spacial score (nSPS) is 10.7. The van der Waals surface area contributed by atoms with Gasteiger partial charge in [-0.25, -0.2) is 0 Å². The van der Waals surface area contributed by atoms with Gasteiger partial charge in [-0.05, 0) is 49.6 Å². The van der Waals surface area contributed by atoms with Gasteiger partial charge in [-0.15, -0.1) is 0 Å². The molecule has 5 heteroatoms. The molecule has 0 aliphatic heterocycles. The second kappa shape index (κ2) is 10.5. The standard InChI is InChI=1S/C22H29N3O2/c1-4-18-10-7-8-12-20(18)24-22(27)16-25(3)15-21(26)23-14-13-19-11-6-5-9-17(19)2/h5-12H,4,13-16H2,1-3H3,(H,23,26)(H,24,27). The van der Waals surface area contributed by atoms with Crippen LogP contribution >= 0.6 is 0 Å². The van der Waals surface area contributed by atoms with E-state index in [-0.39, 0.29) is 24.9 Å². The molecule has 27 heavy (non-hydrogen) atoms. The fraction of sp³-hybridized carbons (Fsp3) is 0.364. The number of nitrogens with zero attached hydrogens (tertiary/aromatic N) is 1. The second-order valence-corrected chi connectivity index (χ2v) is 6.76. The highest BCUT2D eigenvalue weighted by Gasteiger charge is 2.12. The molecular weight excluding hydrogens is 338 g/mol. The minimum Gasteiger partial charge on any atom is -0.355 e. The van der Waals surface area contributed by atoms with E-state index in [1.165, 1.54) is 11.1 Å². The highest BCUT2D eigenvalue weighted by Crippen LogP contribution is 2.15. The van der Waals surface area contributed by atoms with Crippen molar-refractivity contribution in [3.05, 3.63) is 65.2 Å². The van der Waals surface area contributed by atoms with Crippen LogP contribution in [0.3, 0.4) is 0 Å². The molecule has 2 N–H and O–H groups in total. The van der Waals surface area contributed by atoms with Crippen molar-refractivity contribution >= 4 is 17.5 Å². The zero-order chi connectivity index (χ0) is 19.6. The summed E-state index contributed by atoms with van der Waals surface area (Å²) in [5, 5.41) is 5.84. The number of anilines is 1. The van der Waals surface area contributed by atoms with Crippen molar-refractivity contribution in [2.75, 3.05) is 32.0 Å². The summed E-state index contributed by atoms with van der Waals surface area (Å²) in [6, 6.07) is 15.9. The van der Waals surface area contributed by atoms with E-state index in [1.54, 1.807) is 11.9 Å². The van der Waals surface area contributed by atoms with Crippen molar-refractivity contribution in [1.82, 2.24) is 10.2 Å². The van der Waals surface area contributed by atoms with E-state index in [2.05, 4.69) is 36.6 Å². The maximum absolute atomic E-state index is 12.2. The molecule has 0 bridgehead atoms. The van der Waals surface area contributed by atoms with Crippen LogP contribution in [-0.2, 0) is 22.4 Å². The number of likely N-dealkylation sites (N-methyl/N-ethyl adjacent to an activating group) is 1. The summed E-state index contributed by atoms with van der Waals surface area (Å²) in [6.45, 7) is 5.08. The van der Waals surface area contributed by atoms with Crippen molar-refractivity contribution in [3.8, 4) is 0 Å². The van der Waals surface area contributed by atoms with Crippen LogP contribution in [0.2, 0.25) is 0 Å². The minimum atomic E-state index is -0.119. The van der Waals surface area contributed by atoms with Crippen LogP contribution in [0, 0.1) is 6.92 Å². The summed E-state index contributed by atoms with van der Waals surface area (Å²) >= 11 is 0. The number of hydrogen-bond donors (Lipinski definition) is 2. The molecule has 2 rings (SSSR count). The maximum atomic E-state index is 12.2. The number of benzene rings is 2. The van der Waals surface area contributed by atoms with Crippen molar-refractivity contribution in [1.29, 1.82) is 0 Å². The Morgan fingerprint density at radius 2 is 1.56 bits per heavy atom. The molecule has 2 amide bonds. The molecule has 144 valence electrons. The molecule has 0 atom stereocenters. The van der Waals surface area contributed by atoms with Crippen LogP contribution in [0.25, 0.3) is 0 Å². The Labute approximate surface area is 161 Å². The van der Waals surface area contributed by atoms with Gasteiger partial charge in [0.15, 0.2) is 0 Å². The van der Waals surface area contributed by atoms with Gasteiger partial charge >= 0.3 is 0 Å². The molecule has 0 spiro atoms. The Morgan fingerprint density at radius 3 is 2.26 bits per heavy atom. The number of aryl methyl sites for hydroxylation is 2. The molecule has 0 aliphatic rings. The first-order valence-corrected chi connectivity index (χ1v) is 9.37. The van der Waals surface area contributed by atoms with E-state index in [0.29, 0.717) is 6.54 Å². The van der Waals surface area contributed by atoms with E-state index in [9.17, 15) is 9.59 Å². The molecule has 2 aromatic carbocycles. The summed E-state index contributed by atoms with van der Waals surface area (Å²) in [5.74, 6) is -0.195. The average molecular weight is 367 g/mol. The first-order valence-electron chi connectivity index (χ1n) is 9.37. The van der Waals surface area contributed by atoms with Gasteiger partial charge in [0.25, 0.3) is 0 Å². The molecule has 0 aliphatic carbocycles. The minimum absolute atomic E-state index is 0.0761. The molecule has 0 radical (unpaired) electrons. The smallest absolute Gasteiger partial charge is 0.238 e. The number of nitrogens with one attached hydrogen (secondary N) is 2. The number of carbonyl (C=O) groups is 2. The molecule has 0 unspecified atom stereocenters. The number of amides is 2. The predicted octanol–water partition coefficient (Wildman–Crippen LogP) is 2.79. The van der Waals surface area contributed by atoms with E-state index in [0.717, 1.165) is 24.1 Å². The molecule has 2 aromatic rings. The van der Waals surface area contributed by atoms with Crippen molar-refractivity contribution in [2.45, 2.75) is 26.7 Å². The van der Waals surface area contributed by atoms with Crippen LogP contribution in [0.15, 0.2) is 48.5 Å². The van der Waals surface area contributed by atoms with Crippen LogP contribution in [-0.4, -0.2) is 43.4 Å². The van der Waals surface area contributed by atoms with Gasteiger partial charge in [0.05, 0.1) is 13.1 Å². The SMILES string of the molecule is CCc1ccccc1NC(=O)CN(C)CC(=O)NCCc1ccccc1C. The average Bonchev–Trinajstić information content (AvgIpc) is 2.63. The van der Waals surface area contributed by atoms with Crippen LogP contribution in [0.5, 0.6) is 0 Å². The van der Waals surface area contributed by atoms with Gasteiger partial charge in [0.2, 0.25) is 11.8 Å². The van der Waals surface area contributed by atoms with Crippen molar-refractivity contribution in [2.24, 2.45) is 0 Å². The first-order chi connectivity index (χ1) is 13.0. The molecule has 5 nitrogen and oxygen atoms in total. The third-order valence-corrected chi connectivity index (χ3v) is 4.48. The van der Waals surface area contributed by atoms with Gasteiger partial charge in [-0.2, -0.15) is 0 Å². The summed E-state index contributed by atoms with van der Waals surface area (Å²) in [4.78, 5) is 26.0. The quantitative estimate of drug-likeness (QED) is 0.716. The zero-order valence-corrected chi connectivity index (χ0v) is 16.4. The Bertz CT molecular complexity index is 774. The highest BCUT2D eigenvalue weighted by atomic mass is 16.2. The third-order valence-electron chi connectivity index (χ3n) is 4.48. The molecule has 0 fully saturated rings. The Balaban J connectivity index is 1.72. The Hall–Kier alpha value is -2.66. The molecular formula is C22H29N3O2. The zero-order valence-electron chi connectivity index (χ0n) is 16.4. The Kier molecular flexibility index (Phi) is 8.01. The van der Waals surface area contributed by atoms with E-state index in [1.807, 2.05) is 36.4 Å². The lowest BCUT2D eigenvalue weighted by molar-refractivity contribution is -0.122. The van der Waals surface area contributed by atoms with Crippen molar-refractivity contribution in [3.63, 3.8) is 0 Å². The molecule has 0 saturated heterocycles. The summed E-state index contributed by atoms with van der Waals surface area (Å²) < 4.78 is 0. The summed E-state index contributed by atoms with van der Waals surface area (Å²) in [7, 11) is 1.77. The van der Waals surface area contributed by atoms with Crippen LogP contribution in [0.1, 0.15) is 23.6 Å². The number of rotatable bonds is 9. The highest BCUT2D eigenvalue weighted by molar-refractivity contribution is 5.93. The van der Waals surface area contributed by atoms with E-state index in [4.69, 9.17) is 0 Å². The predicted molar refractivity (Wildman–Crippen MR) is 110 cm³/mol. The lowest BCUT2D eigenvalue weighted by Gasteiger charge is -2.17. The summed E-state index contributed by atoms with van der Waals surface area (Å²) in [6.07, 6.45) is 1.66. The summed E-state index contributed by atoms with van der Waals surface area (Å²) in [5.41, 5.74) is 4.40. The van der Waals surface area contributed by atoms with Crippen LogP contribution in [0.4, 0.5) is 5.69 Å². The number of hydrogen-bond acceptors (Lipinski definition) is 3. The van der Waals surface area contributed by atoms with Gasteiger partial charge in [0.1, 0.15) is 0 Å². The fourth-order valence-electron chi connectivity index (χ4n) is 2.97. The van der Waals surface area contributed by atoms with Gasteiger partial charge in [0, 0.05) is 12.2 Å². The number of para-hydroxylation sites is 1. The fourth-order valence-corrected chi connectivity index (χ4v) is 2.97. The largest absolute Gasteiger partial charge is 0.355 e. The number of carbonyl (C=O) groups excluding carboxylic acids is 2. The van der Waals surface area contributed by atoms with Crippen LogP contribution < -0.4 is 10.6 Å². The van der Waals surface area contributed by atoms with Gasteiger partial charge in [-0.3, -0.25) is 14.5 Å². The third kappa shape index (κ3) is 6.87. The molecule has 0 heterocycles. The van der Waals surface area contributed by atoms with Gasteiger partial charge in [-0.1, -0.05) is 49.4 Å². The monoisotopic (exact) mass is 367 g/mol. The Morgan fingerprint density at radius 1 is 0.926 bits per heavy atom. The van der Waals surface area contributed by atoms with E-state index < -0.39 is 0 Å². The van der Waals surface area contributed by atoms with E-state index >= 15 is 0 Å². The lowest BCUT2D eigenvalue weighted by atomic mass is 10.1. The maximum Gasteiger partial charge on any atom is 0.238 e. The van der Waals surface area contributed by atoms with Crippen molar-refractivity contribution < 1.29 is 9.59 Å².